The maximum atomic E-state index is 14.5. The lowest BCUT2D eigenvalue weighted by Gasteiger charge is -2.35. The lowest BCUT2D eigenvalue weighted by atomic mass is 9.97. The van der Waals surface area contributed by atoms with Crippen LogP contribution in [0.25, 0.3) is 0 Å². The molecule has 0 aromatic heterocycles. The number of benzene rings is 3. The first-order valence-corrected chi connectivity index (χ1v) is 20.2. The Balaban J connectivity index is 1.21. The van der Waals surface area contributed by atoms with Gasteiger partial charge in [0.05, 0.1) is 6.04 Å². The molecule has 3 fully saturated rings. The standard InChI is InChI=1S/C45H55N3O6/c49-33-39-22-8-12-28-47(39)43(51)37-30-36(42(50)46-26-10-3-11-27-46)31-38(32-37)44(52)48-29-13-9-25-41(48)45(53)54-40(23-14-20-34-16-4-1-5-17-34)24-15-21-35-18-6-2-7-19-35/h1-2,4-7,16-19,30-33,39-41H,3,8-15,20-29H2/t39-,41-/m0/s1. The van der Waals surface area contributed by atoms with Crippen LogP contribution in [0.3, 0.4) is 0 Å². The van der Waals surface area contributed by atoms with Gasteiger partial charge >= 0.3 is 5.97 Å². The first-order valence-electron chi connectivity index (χ1n) is 20.2. The van der Waals surface area contributed by atoms with Crippen LogP contribution < -0.4 is 0 Å². The van der Waals surface area contributed by atoms with Crippen molar-refractivity contribution in [2.75, 3.05) is 26.2 Å². The van der Waals surface area contributed by atoms with E-state index in [9.17, 15) is 24.0 Å². The first kappa shape index (κ1) is 38.9. The molecule has 9 nitrogen and oxygen atoms in total. The zero-order valence-corrected chi connectivity index (χ0v) is 31.5. The van der Waals surface area contributed by atoms with Gasteiger partial charge in [-0.3, -0.25) is 14.4 Å². The number of carbonyl (C=O) groups is 5. The molecule has 0 unspecified atom stereocenters. The van der Waals surface area contributed by atoms with E-state index in [4.69, 9.17) is 4.74 Å². The predicted octanol–water partition coefficient (Wildman–Crippen LogP) is 7.46. The molecule has 3 aliphatic heterocycles. The minimum Gasteiger partial charge on any atom is -0.461 e. The molecule has 3 saturated heterocycles. The van der Waals surface area contributed by atoms with E-state index < -0.39 is 24.0 Å². The second kappa shape index (κ2) is 19.5. The van der Waals surface area contributed by atoms with Crippen LogP contribution in [-0.4, -0.2) is 89.0 Å². The fraction of sp³-hybridized carbons (Fsp3) is 0.489. The van der Waals surface area contributed by atoms with Crippen LogP contribution in [0.1, 0.15) is 126 Å². The second-order valence-corrected chi connectivity index (χ2v) is 15.2. The SMILES string of the molecule is O=C[C@@H]1CCCCN1C(=O)c1cc(C(=O)N2CCCCC2)cc(C(=O)N2CCCC[C@H]2C(=O)OC(CCCc2ccccc2)CCCc2ccccc2)c1. The van der Waals surface area contributed by atoms with Gasteiger partial charge in [-0.05, 0) is 126 Å². The summed E-state index contributed by atoms with van der Waals surface area (Å²) in [6.07, 6.45) is 12.6. The quantitative estimate of drug-likeness (QED) is 0.126. The third-order valence-electron chi connectivity index (χ3n) is 11.3. The topological polar surface area (TPSA) is 104 Å². The Labute approximate surface area is 320 Å². The largest absolute Gasteiger partial charge is 0.461 e. The van der Waals surface area contributed by atoms with Crippen molar-refractivity contribution < 1.29 is 28.7 Å². The van der Waals surface area contributed by atoms with E-state index >= 15 is 0 Å². The monoisotopic (exact) mass is 733 g/mol. The number of piperidine rings is 3. The summed E-state index contributed by atoms with van der Waals surface area (Å²) in [5, 5.41) is 0. The lowest BCUT2D eigenvalue weighted by Crippen LogP contribution is -2.49. The van der Waals surface area contributed by atoms with Crippen molar-refractivity contribution in [2.45, 2.75) is 114 Å². The first-order chi connectivity index (χ1) is 26.4. The van der Waals surface area contributed by atoms with Gasteiger partial charge in [0.2, 0.25) is 0 Å². The van der Waals surface area contributed by atoms with Crippen LogP contribution in [0.15, 0.2) is 78.9 Å². The number of amides is 3. The minimum atomic E-state index is -0.765. The molecule has 3 aromatic carbocycles. The number of hydrogen-bond acceptors (Lipinski definition) is 6. The van der Waals surface area contributed by atoms with Crippen LogP contribution >= 0.6 is 0 Å². The van der Waals surface area contributed by atoms with Crippen molar-refractivity contribution in [3.63, 3.8) is 0 Å². The smallest absolute Gasteiger partial charge is 0.329 e. The molecule has 3 aromatic rings. The van der Waals surface area contributed by atoms with E-state index in [0.717, 1.165) is 89.8 Å². The number of aldehydes is 1. The highest BCUT2D eigenvalue weighted by Gasteiger charge is 2.36. The van der Waals surface area contributed by atoms with E-state index in [-0.39, 0.29) is 34.6 Å². The van der Waals surface area contributed by atoms with Gasteiger partial charge in [-0.2, -0.15) is 0 Å². The lowest BCUT2D eigenvalue weighted by molar-refractivity contribution is -0.156. The van der Waals surface area contributed by atoms with Crippen LogP contribution in [-0.2, 0) is 27.2 Å². The van der Waals surface area contributed by atoms with Gasteiger partial charge in [-0.15, -0.1) is 0 Å². The minimum absolute atomic E-state index is 0.197. The number of nitrogens with zero attached hydrogens (tertiary/aromatic N) is 3. The highest BCUT2D eigenvalue weighted by molar-refractivity contribution is 6.05. The molecule has 0 spiro atoms. The number of rotatable bonds is 14. The average molecular weight is 734 g/mol. The molecule has 54 heavy (non-hydrogen) atoms. The summed E-state index contributed by atoms with van der Waals surface area (Å²) >= 11 is 0. The highest BCUT2D eigenvalue weighted by Crippen LogP contribution is 2.27. The van der Waals surface area contributed by atoms with E-state index in [0.29, 0.717) is 39.0 Å². The fourth-order valence-corrected chi connectivity index (χ4v) is 8.24. The molecular weight excluding hydrogens is 679 g/mol. The zero-order valence-electron chi connectivity index (χ0n) is 31.5. The normalized spacial score (nSPS) is 19.0. The Bertz CT molecular complexity index is 1680. The van der Waals surface area contributed by atoms with Gasteiger partial charge in [0, 0.05) is 42.9 Å². The summed E-state index contributed by atoms with van der Waals surface area (Å²) in [6.45, 7) is 2.06. The third-order valence-corrected chi connectivity index (χ3v) is 11.3. The number of hydrogen-bond donors (Lipinski definition) is 0. The van der Waals surface area contributed by atoms with Crippen molar-refractivity contribution in [3.8, 4) is 0 Å². The fourth-order valence-electron chi connectivity index (χ4n) is 8.24. The molecular formula is C45H55N3O6. The maximum Gasteiger partial charge on any atom is 0.329 e. The molecule has 0 radical (unpaired) electrons. The molecule has 0 saturated carbocycles. The van der Waals surface area contributed by atoms with Gasteiger partial charge < -0.3 is 24.2 Å². The van der Waals surface area contributed by atoms with Crippen LogP contribution in [0.4, 0.5) is 0 Å². The Morgan fingerprint density at radius 1 is 0.611 bits per heavy atom. The molecule has 3 aliphatic rings. The van der Waals surface area contributed by atoms with Gasteiger partial charge in [-0.1, -0.05) is 60.7 Å². The molecule has 6 rings (SSSR count). The molecule has 3 amide bonds. The van der Waals surface area contributed by atoms with Crippen molar-refractivity contribution in [3.05, 3.63) is 107 Å². The predicted molar refractivity (Wildman–Crippen MR) is 208 cm³/mol. The van der Waals surface area contributed by atoms with Gasteiger partial charge in [0.1, 0.15) is 18.4 Å². The summed E-state index contributed by atoms with van der Waals surface area (Å²) in [5.41, 5.74) is 3.18. The summed E-state index contributed by atoms with van der Waals surface area (Å²) in [7, 11) is 0. The molecule has 3 heterocycles. The molecule has 0 N–H and O–H groups in total. The number of likely N-dealkylation sites (tertiary alicyclic amines) is 3. The van der Waals surface area contributed by atoms with E-state index in [1.807, 2.05) is 36.4 Å². The van der Waals surface area contributed by atoms with E-state index in [2.05, 4.69) is 24.3 Å². The number of carbonyl (C=O) groups excluding carboxylic acids is 5. The van der Waals surface area contributed by atoms with Crippen LogP contribution in [0, 0.1) is 0 Å². The van der Waals surface area contributed by atoms with Crippen molar-refractivity contribution >= 4 is 30.0 Å². The Morgan fingerprint density at radius 3 is 1.69 bits per heavy atom. The number of aryl methyl sites for hydroxylation is 2. The molecule has 0 aliphatic carbocycles. The Morgan fingerprint density at radius 2 is 1.11 bits per heavy atom. The molecule has 0 bridgehead atoms. The van der Waals surface area contributed by atoms with Crippen molar-refractivity contribution in [1.29, 1.82) is 0 Å². The van der Waals surface area contributed by atoms with Gasteiger partial charge in [0.25, 0.3) is 17.7 Å². The van der Waals surface area contributed by atoms with Crippen LogP contribution in [0.2, 0.25) is 0 Å². The Hall–Kier alpha value is -4.79. The third kappa shape index (κ3) is 10.2. The number of ether oxygens (including phenoxy) is 1. The number of esters is 1. The van der Waals surface area contributed by atoms with Crippen LogP contribution in [0.5, 0.6) is 0 Å². The van der Waals surface area contributed by atoms with Crippen molar-refractivity contribution in [1.82, 2.24) is 14.7 Å². The van der Waals surface area contributed by atoms with E-state index in [1.165, 1.54) is 11.1 Å². The average Bonchev–Trinajstić information content (AvgIpc) is 3.23. The Kier molecular flexibility index (Phi) is 14.1. The van der Waals surface area contributed by atoms with Gasteiger partial charge in [-0.25, -0.2) is 4.79 Å². The van der Waals surface area contributed by atoms with Gasteiger partial charge in [0.15, 0.2) is 0 Å². The summed E-state index contributed by atoms with van der Waals surface area (Å²) < 4.78 is 6.30. The maximum absolute atomic E-state index is 14.5. The molecule has 9 heteroatoms. The summed E-state index contributed by atoms with van der Waals surface area (Å²) in [6, 6.07) is 24.0. The highest BCUT2D eigenvalue weighted by atomic mass is 16.5. The molecule has 2 atom stereocenters. The molecule has 286 valence electrons. The summed E-state index contributed by atoms with van der Waals surface area (Å²) in [4.78, 5) is 73.2. The van der Waals surface area contributed by atoms with E-state index in [1.54, 1.807) is 32.9 Å². The summed E-state index contributed by atoms with van der Waals surface area (Å²) in [5.74, 6) is -1.37. The zero-order chi connectivity index (χ0) is 37.7. The second-order valence-electron chi connectivity index (χ2n) is 15.2. The van der Waals surface area contributed by atoms with Crippen molar-refractivity contribution in [2.24, 2.45) is 0 Å².